The summed E-state index contributed by atoms with van der Waals surface area (Å²) in [4.78, 5) is 26.9. The lowest BCUT2D eigenvalue weighted by atomic mass is 9.92. The summed E-state index contributed by atoms with van der Waals surface area (Å²) in [7, 11) is 0. The largest absolute Gasteiger partial charge is 0.333 e. The van der Waals surface area contributed by atoms with Crippen LogP contribution < -0.4 is 5.32 Å². The first-order valence-corrected chi connectivity index (χ1v) is 10.4. The van der Waals surface area contributed by atoms with Gasteiger partial charge in [-0.05, 0) is 18.6 Å². The van der Waals surface area contributed by atoms with Crippen molar-refractivity contribution < 1.29 is 9.59 Å². The van der Waals surface area contributed by atoms with Crippen LogP contribution in [0.15, 0.2) is 36.4 Å². The minimum atomic E-state index is -0.215. The lowest BCUT2D eigenvalue weighted by Crippen LogP contribution is -2.40. The van der Waals surface area contributed by atoms with Gasteiger partial charge in [0.2, 0.25) is 11.8 Å². The first-order chi connectivity index (χ1) is 13.6. The zero-order chi connectivity index (χ0) is 21.6. The highest BCUT2D eigenvalue weighted by Gasteiger charge is 2.23. The number of para-hydroxylation sites is 1. The molecule has 0 spiro atoms. The molecule has 1 N–H and O–H groups in total. The summed E-state index contributed by atoms with van der Waals surface area (Å²) in [6, 6.07) is 11.6. The molecule has 0 saturated carbocycles. The molecule has 0 fully saturated rings. The Morgan fingerprint density at radius 3 is 2.38 bits per heavy atom. The Morgan fingerprint density at radius 1 is 1.17 bits per heavy atom. The van der Waals surface area contributed by atoms with Crippen LogP contribution in [0.2, 0.25) is 0 Å². The van der Waals surface area contributed by atoms with Crippen molar-refractivity contribution in [2.75, 3.05) is 18.4 Å². The third-order valence-corrected chi connectivity index (χ3v) is 4.67. The fourth-order valence-electron chi connectivity index (χ4n) is 2.94. The molecule has 6 nitrogen and oxygen atoms in total. The lowest BCUT2D eigenvalue weighted by molar-refractivity contribution is -0.137. The summed E-state index contributed by atoms with van der Waals surface area (Å²) in [5.41, 5.74) is 1.61. The average molecular weight is 399 g/mol. The monoisotopic (exact) mass is 398 g/mol. The number of hydrogen-bond acceptors (Lipinski definition) is 3. The molecule has 2 rings (SSSR count). The number of unbranched alkanes of at least 4 members (excludes halogenated alkanes) is 1. The van der Waals surface area contributed by atoms with Gasteiger partial charge < -0.3 is 10.2 Å². The van der Waals surface area contributed by atoms with Crippen LogP contribution >= 0.6 is 0 Å². The number of rotatable bonds is 8. The summed E-state index contributed by atoms with van der Waals surface area (Å²) < 4.78 is 1.75. The Labute approximate surface area is 174 Å². The zero-order valence-electron chi connectivity index (χ0n) is 18.5. The van der Waals surface area contributed by atoms with Crippen molar-refractivity contribution in [1.82, 2.24) is 14.7 Å². The Hall–Kier alpha value is -2.63. The van der Waals surface area contributed by atoms with E-state index in [2.05, 4.69) is 33.0 Å². The van der Waals surface area contributed by atoms with Gasteiger partial charge in [-0.2, -0.15) is 5.10 Å². The quantitative estimate of drug-likeness (QED) is 0.717. The van der Waals surface area contributed by atoms with Gasteiger partial charge in [-0.25, -0.2) is 4.68 Å². The molecular formula is C23H34N4O2. The molecule has 1 heterocycles. The second-order valence-corrected chi connectivity index (χ2v) is 8.73. The van der Waals surface area contributed by atoms with Crippen molar-refractivity contribution in [3.05, 3.63) is 42.1 Å². The van der Waals surface area contributed by atoms with Crippen LogP contribution in [0, 0.1) is 5.92 Å². The summed E-state index contributed by atoms with van der Waals surface area (Å²) >= 11 is 0. The molecule has 0 aliphatic carbocycles. The molecule has 6 heteroatoms. The van der Waals surface area contributed by atoms with Crippen LogP contribution in [-0.2, 0) is 15.0 Å². The molecule has 29 heavy (non-hydrogen) atoms. The fourth-order valence-corrected chi connectivity index (χ4v) is 2.94. The van der Waals surface area contributed by atoms with Crippen LogP contribution in [0.1, 0.15) is 60.1 Å². The molecule has 0 atom stereocenters. The molecule has 1 aromatic heterocycles. The van der Waals surface area contributed by atoms with Gasteiger partial charge in [0.25, 0.3) is 0 Å². The van der Waals surface area contributed by atoms with Crippen molar-refractivity contribution in [3.63, 3.8) is 0 Å². The first kappa shape index (κ1) is 22.7. The molecule has 158 valence electrons. The van der Waals surface area contributed by atoms with E-state index in [1.165, 1.54) is 0 Å². The normalized spacial score (nSPS) is 11.6. The first-order valence-electron chi connectivity index (χ1n) is 10.4. The van der Waals surface area contributed by atoms with Crippen LogP contribution in [-0.4, -0.2) is 39.6 Å². The van der Waals surface area contributed by atoms with Gasteiger partial charge in [-0.3, -0.25) is 9.59 Å². The Balaban J connectivity index is 2.26. The van der Waals surface area contributed by atoms with E-state index in [1.54, 1.807) is 9.58 Å². The maximum atomic E-state index is 12.8. The predicted molar refractivity (Wildman–Crippen MR) is 117 cm³/mol. The summed E-state index contributed by atoms with van der Waals surface area (Å²) in [5, 5.41) is 7.69. The van der Waals surface area contributed by atoms with Gasteiger partial charge in [-0.1, -0.05) is 66.2 Å². The number of aromatic nitrogens is 2. The SMILES string of the molecule is CCCCN(CC(=O)Nc1cc(C(C)(C)C)nn1-c1ccccc1)C(=O)C(C)C. The van der Waals surface area contributed by atoms with Crippen LogP contribution in [0.25, 0.3) is 5.69 Å². The number of carbonyl (C=O) groups is 2. The number of benzene rings is 1. The Kier molecular flexibility index (Phi) is 7.59. The highest BCUT2D eigenvalue weighted by Crippen LogP contribution is 2.26. The van der Waals surface area contributed by atoms with E-state index in [1.807, 2.05) is 50.2 Å². The molecule has 0 aliphatic rings. The maximum absolute atomic E-state index is 12.8. The van der Waals surface area contributed by atoms with E-state index in [9.17, 15) is 9.59 Å². The van der Waals surface area contributed by atoms with E-state index < -0.39 is 0 Å². The summed E-state index contributed by atoms with van der Waals surface area (Å²) in [6.45, 7) is 12.7. The number of anilines is 1. The van der Waals surface area contributed by atoms with Gasteiger partial charge in [0.1, 0.15) is 5.82 Å². The van der Waals surface area contributed by atoms with E-state index in [-0.39, 0.29) is 29.7 Å². The van der Waals surface area contributed by atoms with Crippen LogP contribution in [0.3, 0.4) is 0 Å². The Morgan fingerprint density at radius 2 is 1.83 bits per heavy atom. The van der Waals surface area contributed by atoms with Crippen molar-refractivity contribution in [2.24, 2.45) is 5.92 Å². The molecule has 0 radical (unpaired) electrons. The summed E-state index contributed by atoms with van der Waals surface area (Å²) in [6.07, 6.45) is 1.85. The van der Waals surface area contributed by atoms with E-state index in [0.717, 1.165) is 24.2 Å². The van der Waals surface area contributed by atoms with E-state index >= 15 is 0 Å². The smallest absolute Gasteiger partial charge is 0.245 e. The van der Waals surface area contributed by atoms with Gasteiger partial charge >= 0.3 is 0 Å². The molecule has 0 bridgehead atoms. The van der Waals surface area contributed by atoms with E-state index in [0.29, 0.717) is 12.4 Å². The molecule has 0 unspecified atom stereocenters. The van der Waals surface area contributed by atoms with Crippen LogP contribution in [0.5, 0.6) is 0 Å². The van der Waals surface area contributed by atoms with Crippen LogP contribution in [0.4, 0.5) is 5.82 Å². The van der Waals surface area contributed by atoms with Gasteiger partial charge in [-0.15, -0.1) is 0 Å². The number of carbonyl (C=O) groups excluding carboxylic acids is 2. The second kappa shape index (κ2) is 9.72. The molecule has 1 aromatic carbocycles. The third kappa shape index (κ3) is 6.17. The minimum Gasteiger partial charge on any atom is -0.333 e. The molecular weight excluding hydrogens is 364 g/mol. The van der Waals surface area contributed by atoms with Crippen molar-refractivity contribution >= 4 is 17.6 Å². The number of amides is 2. The standard InChI is InChI=1S/C23H34N4O2/c1-7-8-14-26(22(29)17(2)3)16-21(28)24-20-15-19(23(4,5)6)25-27(20)18-12-10-9-11-13-18/h9-13,15,17H,7-8,14,16H2,1-6H3,(H,24,28). The highest BCUT2D eigenvalue weighted by atomic mass is 16.2. The van der Waals surface area contributed by atoms with Gasteiger partial charge in [0, 0.05) is 23.9 Å². The number of nitrogens with zero attached hydrogens (tertiary/aromatic N) is 3. The molecule has 2 aromatic rings. The number of nitrogens with one attached hydrogen (secondary N) is 1. The topological polar surface area (TPSA) is 67.2 Å². The summed E-state index contributed by atoms with van der Waals surface area (Å²) in [5.74, 6) is 0.258. The predicted octanol–water partition coefficient (Wildman–Crippen LogP) is 4.39. The van der Waals surface area contributed by atoms with Gasteiger partial charge in [0.05, 0.1) is 17.9 Å². The maximum Gasteiger partial charge on any atom is 0.245 e. The molecule has 0 aliphatic heterocycles. The van der Waals surface area contributed by atoms with Gasteiger partial charge in [0.15, 0.2) is 0 Å². The fraction of sp³-hybridized carbons (Fsp3) is 0.522. The zero-order valence-corrected chi connectivity index (χ0v) is 18.5. The molecule has 2 amide bonds. The minimum absolute atomic E-state index is 0.000507. The molecule has 0 saturated heterocycles. The van der Waals surface area contributed by atoms with Crippen molar-refractivity contribution in [2.45, 2.75) is 59.8 Å². The van der Waals surface area contributed by atoms with Crippen molar-refractivity contribution in [3.8, 4) is 5.69 Å². The third-order valence-electron chi connectivity index (χ3n) is 4.67. The van der Waals surface area contributed by atoms with Crippen molar-refractivity contribution in [1.29, 1.82) is 0 Å². The second-order valence-electron chi connectivity index (χ2n) is 8.73. The highest BCUT2D eigenvalue weighted by molar-refractivity contribution is 5.94. The van der Waals surface area contributed by atoms with E-state index in [4.69, 9.17) is 5.10 Å². The Bertz CT molecular complexity index is 819. The average Bonchev–Trinajstić information content (AvgIpc) is 3.09. The lowest BCUT2D eigenvalue weighted by Gasteiger charge is -2.24. The number of hydrogen-bond donors (Lipinski definition) is 1.